The first-order valence-electron chi connectivity index (χ1n) is 10.6. The maximum atomic E-state index is 12.8. The standard InChI is InChI=1S/C25H25N7O2/c1-16-5-6-20(31-24(33)19-10-22(32-30-14-19)25(2,3)15-27)11-21(16)18-9-17(12-26)23(29-13-18)28-7-8-34-4/h5-6,9-11,13-14H,7-8H2,1-4H3,(H,28,29)(H,31,33). The predicted molar refractivity (Wildman–Crippen MR) is 128 cm³/mol. The second kappa shape index (κ2) is 10.5. The molecule has 1 aromatic carbocycles. The number of pyridine rings is 1. The van der Waals surface area contributed by atoms with Crippen molar-refractivity contribution < 1.29 is 9.53 Å². The lowest BCUT2D eigenvalue weighted by atomic mass is 9.90. The minimum absolute atomic E-state index is 0.301. The summed E-state index contributed by atoms with van der Waals surface area (Å²) < 4.78 is 5.02. The smallest absolute Gasteiger partial charge is 0.257 e. The van der Waals surface area contributed by atoms with Crippen LogP contribution in [0.5, 0.6) is 0 Å². The van der Waals surface area contributed by atoms with E-state index in [4.69, 9.17) is 4.74 Å². The summed E-state index contributed by atoms with van der Waals surface area (Å²) >= 11 is 0. The third kappa shape index (κ3) is 5.52. The molecule has 0 atom stereocenters. The van der Waals surface area contributed by atoms with Crippen molar-refractivity contribution in [3.05, 3.63) is 65.1 Å². The number of hydrogen-bond acceptors (Lipinski definition) is 8. The van der Waals surface area contributed by atoms with Gasteiger partial charge >= 0.3 is 0 Å². The Kier molecular flexibility index (Phi) is 7.52. The van der Waals surface area contributed by atoms with E-state index in [2.05, 4.69) is 38.0 Å². The Morgan fingerprint density at radius 3 is 2.68 bits per heavy atom. The number of anilines is 2. The monoisotopic (exact) mass is 455 g/mol. The second-order valence-corrected chi connectivity index (χ2v) is 8.20. The Morgan fingerprint density at radius 2 is 1.97 bits per heavy atom. The van der Waals surface area contributed by atoms with Gasteiger partial charge in [-0.05, 0) is 56.2 Å². The summed E-state index contributed by atoms with van der Waals surface area (Å²) in [5.41, 5.74) is 3.40. The van der Waals surface area contributed by atoms with Gasteiger partial charge in [-0.1, -0.05) is 6.07 Å². The molecule has 172 valence electrons. The molecule has 0 saturated heterocycles. The lowest BCUT2D eigenvalue weighted by Crippen LogP contribution is -2.19. The van der Waals surface area contributed by atoms with Crippen LogP contribution in [-0.4, -0.2) is 41.3 Å². The van der Waals surface area contributed by atoms with Gasteiger partial charge in [-0.3, -0.25) is 4.79 Å². The van der Waals surface area contributed by atoms with Crippen LogP contribution >= 0.6 is 0 Å². The van der Waals surface area contributed by atoms with Crippen molar-refractivity contribution in [1.82, 2.24) is 15.2 Å². The van der Waals surface area contributed by atoms with Crippen molar-refractivity contribution in [2.45, 2.75) is 26.2 Å². The number of methoxy groups -OCH3 is 1. The SMILES string of the molecule is COCCNc1ncc(-c2cc(NC(=O)c3cnnc(C(C)(C)C#N)c3)ccc2C)cc1C#N. The molecule has 9 nitrogen and oxygen atoms in total. The Labute approximate surface area is 198 Å². The maximum Gasteiger partial charge on any atom is 0.257 e. The number of aryl methyl sites for hydroxylation is 1. The van der Waals surface area contributed by atoms with Crippen LogP contribution in [0.3, 0.4) is 0 Å². The lowest BCUT2D eigenvalue weighted by Gasteiger charge is -2.15. The average molecular weight is 456 g/mol. The zero-order chi connectivity index (χ0) is 24.7. The van der Waals surface area contributed by atoms with E-state index in [0.29, 0.717) is 41.5 Å². The molecule has 0 aliphatic heterocycles. The molecule has 2 heterocycles. The molecule has 2 aromatic heterocycles. The van der Waals surface area contributed by atoms with Crippen LogP contribution in [0.25, 0.3) is 11.1 Å². The topological polar surface area (TPSA) is 137 Å². The van der Waals surface area contributed by atoms with Gasteiger partial charge in [0.05, 0.1) is 41.1 Å². The average Bonchev–Trinajstić information content (AvgIpc) is 2.85. The Morgan fingerprint density at radius 1 is 1.18 bits per heavy atom. The minimum atomic E-state index is -0.865. The first-order chi connectivity index (χ1) is 16.3. The quantitative estimate of drug-likeness (QED) is 0.489. The third-order valence-electron chi connectivity index (χ3n) is 5.25. The summed E-state index contributed by atoms with van der Waals surface area (Å²) in [6.45, 7) is 6.41. The highest BCUT2D eigenvalue weighted by Crippen LogP contribution is 2.29. The van der Waals surface area contributed by atoms with Crippen LogP contribution in [0.2, 0.25) is 0 Å². The van der Waals surface area contributed by atoms with E-state index in [-0.39, 0.29) is 5.91 Å². The molecule has 0 aliphatic rings. The van der Waals surface area contributed by atoms with Crippen LogP contribution in [0.4, 0.5) is 11.5 Å². The van der Waals surface area contributed by atoms with Crippen molar-refractivity contribution in [1.29, 1.82) is 10.5 Å². The summed E-state index contributed by atoms with van der Waals surface area (Å²) in [6.07, 6.45) is 3.05. The highest BCUT2D eigenvalue weighted by atomic mass is 16.5. The molecule has 0 aliphatic carbocycles. The minimum Gasteiger partial charge on any atom is -0.383 e. The number of nitrogens with one attached hydrogen (secondary N) is 2. The molecule has 0 unspecified atom stereocenters. The van der Waals surface area contributed by atoms with E-state index < -0.39 is 5.41 Å². The molecule has 0 spiro atoms. The van der Waals surface area contributed by atoms with Crippen LogP contribution in [0, 0.1) is 29.6 Å². The van der Waals surface area contributed by atoms with Gasteiger partial charge < -0.3 is 15.4 Å². The molecule has 0 fully saturated rings. The van der Waals surface area contributed by atoms with E-state index in [1.807, 2.05) is 19.1 Å². The fraction of sp³-hybridized carbons (Fsp3) is 0.280. The van der Waals surface area contributed by atoms with Gasteiger partial charge in [-0.2, -0.15) is 20.7 Å². The molecule has 3 rings (SSSR count). The fourth-order valence-corrected chi connectivity index (χ4v) is 3.18. The molecule has 34 heavy (non-hydrogen) atoms. The second-order valence-electron chi connectivity index (χ2n) is 8.20. The molecular formula is C25H25N7O2. The number of hydrogen-bond donors (Lipinski definition) is 2. The van der Waals surface area contributed by atoms with Gasteiger partial charge in [0.25, 0.3) is 5.91 Å². The number of nitriles is 2. The van der Waals surface area contributed by atoms with Crippen molar-refractivity contribution in [2.75, 3.05) is 30.9 Å². The van der Waals surface area contributed by atoms with Gasteiger partial charge in [0, 0.05) is 31.1 Å². The number of aromatic nitrogens is 3. The Hall–Kier alpha value is -4.34. The van der Waals surface area contributed by atoms with Crippen molar-refractivity contribution in [3.8, 4) is 23.3 Å². The van der Waals surface area contributed by atoms with Crippen LogP contribution in [-0.2, 0) is 10.2 Å². The van der Waals surface area contributed by atoms with Gasteiger partial charge in [-0.15, -0.1) is 0 Å². The lowest BCUT2D eigenvalue weighted by molar-refractivity contribution is 0.102. The molecule has 0 bridgehead atoms. The van der Waals surface area contributed by atoms with E-state index in [9.17, 15) is 15.3 Å². The van der Waals surface area contributed by atoms with E-state index in [1.54, 1.807) is 45.4 Å². The molecule has 1 amide bonds. The van der Waals surface area contributed by atoms with Gasteiger partial charge in [-0.25, -0.2) is 4.98 Å². The Bertz CT molecular complexity index is 1290. The fourth-order valence-electron chi connectivity index (χ4n) is 3.18. The number of benzene rings is 1. The summed E-state index contributed by atoms with van der Waals surface area (Å²) in [5, 5.41) is 32.7. The summed E-state index contributed by atoms with van der Waals surface area (Å²) in [6, 6.07) is 13.2. The van der Waals surface area contributed by atoms with Gasteiger partial charge in [0.1, 0.15) is 11.9 Å². The van der Waals surface area contributed by atoms with Crippen LogP contribution < -0.4 is 10.6 Å². The summed E-state index contributed by atoms with van der Waals surface area (Å²) in [7, 11) is 1.61. The first kappa shape index (κ1) is 24.3. The number of nitrogens with zero attached hydrogens (tertiary/aromatic N) is 5. The van der Waals surface area contributed by atoms with Crippen molar-refractivity contribution in [3.63, 3.8) is 0 Å². The number of carbonyl (C=O) groups excluding carboxylic acids is 1. The number of rotatable bonds is 8. The predicted octanol–water partition coefficient (Wildman–Crippen LogP) is 3.83. The number of amides is 1. The zero-order valence-corrected chi connectivity index (χ0v) is 19.5. The zero-order valence-electron chi connectivity index (χ0n) is 19.5. The van der Waals surface area contributed by atoms with Gasteiger partial charge in [0.15, 0.2) is 0 Å². The molecule has 0 saturated carbocycles. The maximum absolute atomic E-state index is 12.8. The largest absolute Gasteiger partial charge is 0.383 e. The number of ether oxygens (including phenoxy) is 1. The molecule has 0 radical (unpaired) electrons. The van der Waals surface area contributed by atoms with E-state index >= 15 is 0 Å². The van der Waals surface area contributed by atoms with Crippen molar-refractivity contribution >= 4 is 17.4 Å². The number of carbonyl (C=O) groups is 1. The van der Waals surface area contributed by atoms with E-state index in [1.165, 1.54) is 6.20 Å². The van der Waals surface area contributed by atoms with Crippen LogP contribution in [0.1, 0.15) is 41.0 Å². The van der Waals surface area contributed by atoms with E-state index in [0.717, 1.165) is 16.7 Å². The molecule has 9 heteroatoms. The Balaban J connectivity index is 1.86. The summed E-state index contributed by atoms with van der Waals surface area (Å²) in [5.74, 6) is 0.125. The van der Waals surface area contributed by atoms with Crippen LogP contribution in [0.15, 0.2) is 42.7 Å². The van der Waals surface area contributed by atoms with Gasteiger partial charge in [0.2, 0.25) is 0 Å². The molecule has 2 N–H and O–H groups in total. The first-order valence-corrected chi connectivity index (χ1v) is 10.6. The molecule has 3 aromatic rings. The normalized spacial score (nSPS) is 10.8. The molecular weight excluding hydrogens is 430 g/mol. The highest BCUT2D eigenvalue weighted by molar-refractivity contribution is 6.04. The third-order valence-corrected chi connectivity index (χ3v) is 5.25. The van der Waals surface area contributed by atoms with Crippen molar-refractivity contribution in [2.24, 2.45) is 0 Å². The summed E-state index contributed by atoms with van der Waals surface area (Å²) in [4.78, 5) is 17.2. The highest BCUT2D eigenvalue weighted by Gasteiger charge is 2.23.